The number of carbonyl (C=O) groups is 1. The monoisotopic (exact) mass is 471 g/mol. The lowest BCUT2D eigenvalue weighted by Gasteiger charge is -2.22. The Kier molecular flexibility index (Phi) is 7.24. The van der Waals surface area contributed by atoms with E-state index in [1.54, 1.807) is 24.3 Å². The maximum Gasteiger partial charge on any atom is 0.266 e. The summed E-state index contributed by atoms with van der Waals surface area (Å²) in [6.07, 6.45) is 8.22. The average Bonchev–Trinajstić information content (AvgIpc) is 3.13. The Morgan fingerprint density at radius 3 is 2.47 bits per heavy atom. The summed E-state index contributed by atoms with van der Waals surface area (Å²) >= 11 is 6.16. The highest BCUT2D eigenvalue weighted by Gasteiger charge is 2.17. The molecule has 0 spiro atoms. The highest BCUT2D eigenvalue weighted by atomic mass is 35.5. The number of hydrogen-bond donors (Lipinski definition) is 1. The third kappa shape index (κ3) is 4.95. The number of aromatic nitrogens is 1. The maximum absolute atomic E-state index is 12.8. The fourth-order valence-corrected chi connectivity index (χ4v) is 5.07. The van der Waals surface area contributed by atoms with Crippen LogP contribution in [0.1, 0.15) is 66.1 Å². The summed E-state index contributed by atoms with van der Waals surface area (Å²) in [5, 5.41) is 13.1. The second-order valence-electron chi connectivity index (χ2n) is 9.12. The van der Waals surface area contributed by atoms with Crippen LogP contribution in [-0.4, -0.2) is 10.5 Å². The molecule has 0 atom stereocenters. The first-order valence-corrected chi connectivity index (χ1v) is 12.2. The summed E-state index contributed by atoms with van der Waals surface area (Å²) in [6.45, 7) is 5.89. The Morgan fingerprint density at radius 1 is 1.09 bits per heavy atom. The summed E-state index contributed by atoms with van der Waals surface area (Å²) in [6, 6.07) is 18.2. The van der Waals surface area contributed by atoms with Crippen molar-refractivity contribution in [3.8, 4) is 11.8 Å². The van der Waals surface area contributed by atoms with Crippen LogP contribution in [0.5, 0.6) is 0 Å². The molecule has 1 heterocycles. The summed E-state index contributed by atoms with van der Waals surface area (Å²) in [5.41, 5.74) is 6.82. The van der Waals surface area contributed by atoms with Gasteiger partial charge in [-0.05, 0) is 92.6 Å². The summed E-state index contributed by atoms with van der Waals surface area (Å²) in [7, 11) is 0. The molecule has 1 aliphatic rings. The first-order chi connectivity index (χ1) is 16.4. The van der Waals surface area contributed by atoms with E-state index < -0.39 is 5.91 Å². The molecule has 0 unspecified atom stereocenters. The third-order valence-electron chi connectivity index (χ3n) is 6.88. The lowest BCUT2D eigenvalue weighted by molar-refractivity contribution is -0.112. The number of anilines is 1. The van der Waals surface area contributed by atoms with Gasteiger partial charge in [0.05, 0.1) is 0 Å². The fraction of sp³-hybridized carbons (Fsp3) is 0.310. The third-order valence-corrected chi connectivity index (χ3v) is 7.29. The first kappa shape index (κ1) is 23.9. The van der Waals surface area contributed by atoms with Crippen molar-refractivity contribution in [2.75, 3.05) is 5.32 Å². The first-order valence-electron chi connectivity index (χ1n) is 11.9. The average molecular weight is 472 g/mol. The molecule has 0 saturated heterocycles. The van der Waals surface area contributed by atoms with Gasteiger partial charge in [0.15, 0.2) is 0 Å². The van der Waals surface area contributed by atoms with E-state index in [4.69, 9.17) is 11.6 Å². The van der Waals surface area contributed by atoms with Crippen LogP contribution in [0.4, 0.5) is 5.69 Å². The van der Waals surface area contributed by atoms with E-state index >= 15 is 0 Å². The van der Waals surface area contributed by atoms with Gasteiger partial charge in [-0.3, -0.25) is 4.79 Å². The van der Waals surface area contributed by atoms with E-state index in [1.165, 1.54) is 37.7 Å². The molecular weight excluding hydrogens is 442 g/mol. The van der Waals surface area contributed by atoms with E-state index in [1.807, 2.05) is 26.8 Å². The number of nitrogens with zero attached hydrogens (tertiary/aromatic N) is 2. The predicted octanol–water partition coefficient (Wildman–Crippen LogP) is 7.65. The number of halogens is 1. The quantitative estimate of drug-likeness (QED) is 0.307. The molecule has 1 N–H and O–H groups in total. The second-order valence-corrected chi connectivity index (χ2v) is 9.53. The minimum absolute atomic E-state index is 0.0484. The van der Waals surface area contributed by atoms with E-state index in [2.05, 4.69) is 40.2 Å². The van der Waals surface area contributed by atoms with Crippen LogP contribution in [0.25, 0.3) is 11.8 Å². The Labute approximate surface area is 206 Å². The molecule has 5 heteroatoms. The van der Waals surface area contributed by atoms with Gasteiger partial charge in [-0.25, -0.2) is 0 Å². The zero-order chi connectivity index (χ0) is 24.2. The molecule has 1 aliphatic carbocycles. The van der Waals surface area contributed by atoms with Crippen LogP contribution < -0.4 is 5.32 Å². The number of carbonyl (C=O) groups excluding carboxylic acids is 1. The van der Waals surface area contributed by atoms with Gasteiger partial charge in [0.2, 0.25) is 0 Å². The van der Waals surface area contributed by atoms with Crippen molar-refractivity contribution in [1.82, 2.24) is 4.57 Å². The molecule has 4 nitrogen and oxygen atoms in total. The maximum atomic E-state index is 12.8. The van der Waals surface area contributed by atoms with Crippen molar-refractivity contribution < 1.29 is 4.79 Å². The van der Waals surface area contributed by atoms with Crippen molar-refractivity contribution in [3.05, 3.63) is 87.2 Å². The number of rotatable bonds is 5. The Hall–Kier alpha value is -3.29. The number of hydrogen-bond acceptors (Lipinski definition) is 2. The van der Waals surface area contributed by atoms with E-state index in [-0.39, 0.29) is 5.57 Å². The summed E-state index contributed by atoms with van der Waals surface area (Å²) in [5.74, 6) is 0.225. The second kappa shape index (κ2) is 10.3. The molecule has 1 saturated carbocycles. The fourth-order valence-electron chi connectivity index (χ4n) is 4.90. The molecule has 0 radical (unpaired) electrons. The number of benzene rings is 2. The number of nitriles is 1. The van der Waals surface area contributed by atoms with Gasteiger partial charge in [0, 0.05) is 27.8 Å². The van der Waals surface area contributed by atoms with Gasteiger partial charge in [-0.1, -0.05) is 49.1 Å². The Balaban J connectivity index is 1.59. The van der Waals surface area contributed by atoms with Gasteiger partial charge in [-0.15, -0.1) is 0 Å². The van der Waals surface area contributed by atoms with Crippen molar-refractivity contribution in [2.24, 2.45) is 0 Å². The van der Waals surface area contributed by atoms with E-state index in [9.17, 15) is 10.1 Å². The SMILES string of the molecule is Cc1c(Cl)cccc1NC(=O)/C(C#N)=C/c1cc(C)n(-c2ccc(C3CCCCC3)cc2)c1C. The van der Waals surface area contributed by atoms with Gasteiger partial charge >= 0.3 is 0 Å². The van der Waals surface area contributed by atoms with Crippen LogP contribution in [-0.2, 0) is 4.79 Å². The molecule has 4 rings (SSSR count). The highest BCUT2D eigenvalue weighted by Crippen LogP contribution is 2.33. The predicted molar refractivity (Wildman–Crippen MR) is 139 cm³/mol. The largest absolute Gasteiger partial charge is 0.321 e. The van der Waals surface area contributed by atoms with Crippen LogP contribution >= 0.6 is 11.6 Å². The molecule has 1 fully saturated rings. The standard InChI is InChI=1S/C29H30ClN3O/c1-19-16-24(17-25(18-31)29(34)32-28-11-7-10-27(30)20(28)2)21(3)33(19)26-14-12-23(13-15-26)22-8-5-4-6-9-22/h7,10-17,22H,4-6,8-9H2,1-3H3,(H,32,34)/b25-17+. The molecule has 1 amide bonds. The minimum Gasteiger partial charge on any atom is -0.321 e. The number of aryl methyl sites for hydroxylation is 1. The van der Waals surface area contributed by atoms with Crippen molar-refractivity contribution in [1.29, 1.82) is 5.26 Å². The molecular formula is C29H30ClN3O. The van der Waals surface area contributed by atoms with Crippen molar-refractivity contribution >= 4 is 29.3 Å². The van der Waals surface area contributed by atoms with Crippen LogP contribution in [0, 0.1) is 32.1 Å². The number of nitrogens with one attached hydrogen (secondary N) is 1. The molecule has 174 valence electrons. The normalized spacial score (nSPS) is 14.6. The Bertz CT molecular complexity index is 1270. The van der Waals surface area contributed by atoms with E-state index in [0.717, 1.165) is 28.2 Å². The Morgan fingerprint density at radius 2 is 1.79 bits per heavy atom. The van der Waals surface area contributed by atoms with Crippen LogP contribution in [0.2, 0.25) is 5.02 Å². The molecule has 34 heavy (non-hydrogen) atoms. The molecule has 3 aromatic rings. The summed E-state index contributed by atoms with van der Waals surface area (Å²) < 4.78 is 2.17. The van der Waals surface area contributed by atoms with Crippen LogP contribution in [0.3, 0.4) is 0 Å². The van der Waals surface area contributed by atoms with Gasteiger partial charge in [0.1, 0.15) is 11.6 Å². The van der Waals surface area contributed by atoms with E-state index in [0.29, 0.717) is 16.6 Å². The smallest absolute Gasteiger partial charge is 0.266 e. The van der Waals surface area contributed by atoms with Gasteiger partial charge in [-0.2, -0.15) is 5.26 Å². The lowest BCUT2D eigenvalue weighted by atomic mass is 9.84. The molecule has 2 aromatic carbocycles. The van der Waals surface area contributed by atoms with Gasteiger partial charge in [0.25, 0.3) is 5.91 Å². The molecule has 0 bridgehead atoms. The summed E-state index contributed by atoms with van der Waals surface area (Å²) in [4.78, 5) is 12.8. The van der Waals surface area contributed by atoms with Crippen molar-refractivity contribution in [2.45, 2.75) is 58.8 Å². The van der Waals surface area contributed by atoms with Gasteiger partial charge < -0.3 is 9.88 Å². The molecule has 0 aliphatic heterocycles. The zero-order valence-electron chi connectivity index (χ0n) is 20.0. The lowest BCUT2D eigenvalue weighted by Crippen LogP contribution is -2.14. The van der Waals surface area contributed by atoms with Crippen molar-refractivity contribution in [3.63, 3.8) is 0 Å². The minimum atomic E-state index is -0.450. The van der Waals surface area contributed by atoms with Crippen LogP contribution in [0.15, 0.2) is 54.1 Å². The molecule has 1 aromatic heterocycles. The number of amides is 1. The topological polar surface area (TPSA) is 57.8 Å². The highest BCUT2D eigenvalue weighted by molar-refractivity contribution is 6.31. The zero-order valence-corrected chi connectivity index (χ0v) is 20.7.